The Labute approximate surface area is 201 Å². The second kappa shape index (κ2) is 10.6. The van der Waals surface area contributed by atoms with Crippen LogP contribution < -0.4 is 4.72 Å². The molecule has 0 aromatic heterocycles. The number of nitrogens with one attached hydrogen (secondary N) is 1. The van der Waals surface area contributed by atoms with Gasteiger partial charge in [-0.2, -0.15) is 3.89 Å². The van der Waals surface area contributed by atoms with Crippen LogP contribution in [0.2, 0.25) is 10.0 Å². The largest absolute Gasteiger partial charge is 0.370 e. The number of amides is 1. The molecule has 32 heavy (non-hydrogen) atoms. The van der Waals surface area contributed by atoms with Crippen LogP contribution in [0.3, 0.4) is 0 Å². The topological polar surface area (TPSA) is 48.0 Å². The van der Waals surface area contributed by atoms with Crippen molar-refractivity contribution in [2.24, 2.45) is 0 Å². The highest BCUT2D eigenvalue weighted by molar-refractivity contribution is 8.11. The van der Waals surface area contributed by atoms with Crippen molar-refractivity contribution in [1.82, 2.24) is 14.1 Å². The number of hydrogen-bond acceptors (Lipinski definition) is 5. The Balaban J connectivity index is 1.45. The van der Waals surface area contributed by atoms with E-state index in [0.29, 0.717) is 38.5 Å². The molecule has 2 aromatic rings. The maximum Gasteiger partial charge on any atom is 0.257 e. The van der Waals surface area contributed by atoms with Gasteiger partial charge in [0.25, 0.3) is 5.91 Å². The highest BCUT2D eigenvalue weighted by atomic mass is 35.5. The van der Waals surface area contributed by atoms with E-state index in [4.69, 9.17) is 27.9 Å². The first-order valence-corrected chi connectivity index (χ1v) is 12.5. The van der Waals surface area contributed by atoms with Crippen LogP contribution in [0, 0.1) is 0 Å². The smallest absolute Gasteiger partial charge is 0.257 e. The van der Waals surface area contributed by atoms with Crippen molar-refractivity contribution in [2.45, 2.75) is 6.10 Å². The number of nitrogens with zero attached hydrogens (tertiary/aromatic N) is 3. The van der Waals surface area contributed by atoms with E-state index >= 15 is 0 Å². The molecule has 1 amide bonds. The van der Waals surface area contributed by atoms with Crippen LogP contribution in [0.1, 0.15) is 22.0 Å². The zero-order valence-corrected chi connectivity index (χ0v) is 20.2. The molecular formula is C22H27Cl2FN4O2S. The highest BCUT2D eigenvalue weighted by Gasteiger charge is 2.29. The number of benzene rings is 2. The van der Waals surface area contributed by atoms with Gasteiger partial charge in [-0.25, -0.2) is 4.31 Å². The number of piperazine rings is 1. The lowest BCUT2D eigenvalue weighted by Gasteiger charge is -2.36. The summed E-state index contributed by atoms with van der Waals surface area (Å²) in [6.45, 7) is 4.25. The molecule has 0 spiro atoms. The zero-order valence-electron chi connectivity index (χ0n) is 17.8. The number of anilines is 1. The third-order valence-electron chi connectivity index (χ3n) is 5.73. The van der Waals surface area contributed by atoms with Gasteiger partial charge in [0.1, 0.15) is 6.10 Å². The number of carbonyl (C=O) groups is 1. The van der Waals surface area contributed by atoms with Gasteiger partial charge in [0.15, 0.2) is 0 Å². The Hall–Kier alpha value is -1.55. The molecule has 1 unspecified atom stereocenters. The fourth-order valence-corrected chi connectivity index (χ4v) is 5.51. The summed E-state index contributed by atoms with van der Waals surface area (Å²) in [6, 6.07) is 12.9. The molecule has 174 valence electrons. The molecule has 10 heteroatoms. The van der Waals surface area contributed by atoms with E-state index < -0.39 is 11.7 Å². The fourth-order valence-electron chi connectivity index (χ4n) is 3.85. The van der Waals surface area contributed by atoms with E-state index in [1.54, 1.807) is 21.3 Å². The summed E-state index contributed by atoms with van der Waals surface area (Å²) < 4.78 is 25.3. The van der Waals surface area contributed by atoms with Crippen LogP contribution in [-0.2, 0) is 4.74 Å². The quantitative estimate of drug-likeness (QED) is 0.588. The number of morpholine rings is 1. The van der Waals surface area contributed by atoms with Crippen molar-refractivity contribution in [3.8, 4) is 0 Å². The third-order valence-corrected chi connectivity index (χ3v) is 7.67. The van der Waals surface area contributed by atoms with Crippen LogP contribution in [0.25, 0.3) is 0 Å². The molecule has 2 aromatic carbocycles. The Morgan fingerprint density at radius 2 is 1.75 bits per heavy atom. The Morgan fingerprint density at radius 1 is 1.09 bits per heavy atom. The van der Waals surface area contributed by atoms with Crippen LogP contribution in [0.5, 0.6) is 0 Å². The van der Waals surface area contributed by atoms with Gasteiger partial charge in [0, 0.05) is 50.1 Å². The maximum atomic E-state index is 14.8. The zero-order chi connectivity index (χ0) is 22.7. The molecular weight excluding hydrogens is 474 g/mol. The van der Waals surface area contributed by atoms with Crippen molar-refractivity contribution in [2.75, 3.05) is 57.6 Å². The predicted octanol–water partition coefficient (Wildman–Crippen LogP) is 4.58. The molecule has 2 aliphatic rings. The van der Waals surface area contributed by atoms with E-state index in [-0.39, 0.29) is 27.6 Å². The first-order valence-electron chi connectivity index (χ1n) is 10.5. The minimum absolute atomic E-state index is 0.203. The van der Waals surface area contributed by atoms with Crippen LogP contribution >= 0.6 is 34.9 Å². The normalized spacial score (nSPS) is 21.9. The monoisotopic (exact) mass is 500 g/mol. The first kappa shape index (κ1) is 23.6. The van der Waals surface area contributed by atoms with Crippen molar-refractivity contribution >= 4 is 46.4 Å². The molecule has 0 aliphatic carbocycles. The van der Waals surface area contributed by atoms with Gasteiger partial charge in [-0.15, -0.1) is 0 Å². The minimum Gasteiger partial charge on any atom is -0.370 e. The summed E-state index contributed by atoms with van der Waals surface area (Å²) in [7, 11) is 2.02. The average molecular weight is 501 g/mol. The summed E-state index contributed by atoms with van der Waals surface area (Å²) in [5.74, 6) is -0.252. The van der Waals surface area contributed by atoms with Crippen molar-refractivity contribution in [3.63, 3.8) is 0 Å². The summed E-state index contributed by atoms with van der Waals surface area (Å²) in [4.78, 5) is 17.1. The van der Waals surface area contributed by atoms with E-state index in [1.807, 2.05) is 37.4 Å². The molecule has 0 bridgehead atoms. The SMILES string of the molecule is CN1CCN([SH](F)Nc2cc(Cl)c(C(=O)N3CCO[C@@H](c4ccccc4)C3)c(Cl)c2)CC1. The van der Waals surface area contributed by atoms with Gasteiger partial charge in [0.05, 0.1) is 28.8 Å². The molecule has 0 saturated carbocycles. The Bertz CT molecular complexity index is 924. The standard InChI is InChI=1S/C22H27Cl2FN4O2S/c1-27-7-9-29(10-8-27)32(25)26-17-13-18(23)21(19(24)14-17)22(30)28-11-12-31-20(15-28)16-5-3-2-4-6-16/h2-6,13-14,20,26,32H,7-12,15H2,1H3/t20-/m1/s1. The van der Waals surface area contributed by atoms with Crippen molar-refractivity contribution < 1.29 is 13.4 Å². The number of carbonyl (C=O) groups excluding carboxylic acids is 1. The molecule has 2 heterocycles. The second-order valence-corrected chi connectivity index (χ2v) is 10.1. The number of ether oxygens (including phenoxy) is 1. The van der Waals surface area contributed by atoms with Crippen LogP contribution in [-0.4, -0.2) is 72.9 Å². The van der Waals surface area contributed by atoms with Gasteiger partial charge < -0.3 is 19.3 Å². The fraction of sp³-hybridized carbons (Fsp3) is 0.409. The highest BCUT2D eigenvalue weighted by Crippen LogP contribution is 2.38. The average Bonchev–Trinajstić information content (AvgIpc) is 2.79. The third kappa shape index (κ3) is 5.50. The van der Waals surface area contributed by atoms with Gasteiger partial charge in [-0.05, 0) is 24.7 Å². The lowest BCUT2D eigenvalue weighted by molar-refractivity contribution is -0.0228. The molecule has 2 saturated heterocycles. The van der Waals surface area contributed by atoms with Crippen LogP contribution in [0.15, 0.2) is 42.5 Å². The van der Waals surface area contributed by atoms with Gasteiger partial charge in [0.2, 0.25) is 0 Å². The van der Waals surface area contributed by atoms with Crippen molar-refractivity contribution in [1.29, 1.82) is 0 Å². The van der Waals surface area contributed by atoms with Gasteiger partial charge in [-0.3, -0.25) is 4.79 Å². The molecule has 2 fully saturated rings. The lowest BCUT2D eigenvalue weighted by Crippen LogP contribution is -2.43. The van der Waals surface area contributed by atoms with E-state index in [9.17, 15) is 8.68 Å². The summed E-state index contributed by atoms with van der Waals surface area (Å²) >= 11 is 10.8. The number of hydrogen-bond donors (Lipinski definition) is 2. The Morgan fingerprint density at radius 3 is 2.41 bits per heavy atom. The summed E-state index contributed by atoms with van der Waals surface area (Å²) in [5, 5.41) is 0.407. The molecule has 4 rings (SSSR count). The number of likely N-dealkylation sites (N-methyl/N-ethyl adjacent to an activating group) is 1. The van der Waals surface area contributed by atoms with Crippen LogP contribution in [0.4, 0.5) is 9.57 Å². The molecule has 2 atom stereocenters. The molecule has 6 nitrogen and oxygen atoms in total. The Kier molecular flexibility index (Phi) is 7.81. The molecule has 1 N–H and O–H groups in total. The summed E-state index contributed by atoms with van der Waals surface area (Å²) in [6.07, 6.45) is -0.203. The number of thiol groups is 1. The maximum absolute atomic E-state index is 14.8. The number of halogens is 3. The van der Waals surface area contributed by atoms with Gasteiger partial charge >= 0.3 is 0 Å². The van der Waals surface area contributed by atoms with Crippen molar-refractivity contribution in [3.05, 3.63) is 63.6 Å². The van der Waals surface area contributed by atoms with Gasteiger partial charge in [-0.1, -0.05) is 53.5 Å². The van der Waals surface area contributed by atoms with E-state index in [2.05, 4.69) is 9.62 Å². The minimum atomic E-state index is -2.06. The molecule has 2 aliphatic heterocycles. The van der Waals surface area contributed by atoms with E-state index in [0.717, 1.165) is 18.7 Å². The predicted molar refractivity (Wildman–Crippen MR) is 130 cm³/mol. The molecule has 0 radical (unpaired) electrons. The first-order chi connectivity index (χ1) is 15.4. The lowest BCUT2D eigenvalue weighted by atomic mass is 10.1. The second-order valence-electron chi connectivity index (χ2n) is 7.97. The number of rotatable bonds is 5. The summed E-state index contributed by atoms with van der Waals surface area (Å²) in [5.41, 5.74) is 1.71. The van der Waals surface area contributed by atoms with E-state index in [1.165, 1.54) is 0 Å².